The van der Waals surface area contributed by atoms with Gasteiger partial charge in [-0.1, -0.05) is 0 Å². The first kappa shape index (κ1) is 12.5. The van der Waals surface area contributed by atoms with Crippen LogP contribution in [0.1, 0.15) is 34.2 Å². The summed E-state index contributed by atoms with van der Waals surface area (Å²) in [4.78, 5) is 26.9. The van der Waals surface area contributed by atoms with Gasteiger partial charge in [0.15, 0.2) is 0 Å². The molecule has 0 aromatic carbocycles. The molecule has 2 N–H and O–H groups in total. The molecule has 1 fully saturated rings. The molecule has 1 unspecified atom stereocenters. The Kier molecular flexibility index (Phi) is 3.29. The minimum Gasteiger partial charge on any atom is -0.478 e. The standard InChI is InChI=1S/C12H14N2O4/c1-12(4-6-18-7-12)14-10(15)9-8(11(16)17)3-2-5-13-9/h2-3,5H,4,6-7H2,1H3,(H,14,15)(H,16,17). The lowest BCUT2D eigenvalue weighted by Gasteiger charge is -2.23. The molecule has 2 rings (SSSR count). The van der Waals surface area contributed by atoms with E-state index in [2.05, 4.69) is 10.3 Å². The maximum Gasteiger partial charge on any atom is 0.338 e. The number of aromatic nitrogens is 1. The van der Waals surface area contributed by atoms with Crippen molar-refractivity contribution in [3.8, 4) is 0 Å². The highest BCUT2D eigenvalue weighted by atomic mass is 16.5. The zero-order chi connectivity index (χ0) is 13.2. The van der Waals surface area contributed by atoms with Crippen LogP contribution in [0, 0.1) is 0 Å². The molecule has 0 saturated carbocycles. The van der Waals surface area contributed by atoms with Crippen molar-refractivity contribution in [2.24, 2.45) is 0 Å². The molecule has 6 nitrogen and oxygen atoms in total. The van der Waals surface area contributed by atoms with Gasteiger partial charge >= 0.3 is 5.97 Å². The van der Waals surface area contributed by atoms with Gasteiger partial charge in [-0.25, -0.2) is 4.79 Å². The largest absolute Gasteiger partial charge is 0.478 e. The maximum absolute atomic E-state index is 12.0. The molecule has 0 radical (unpaired) electrons. The summed E-state index contributed by atoms with van der Waals surface area (Å²) >= 11 is 0. The molecule has 0 aliphatic carbocycles. The third kappa shape index (κ3) is 2.48. The van der Waals surface area contributed by atoms with Crippen LogP contribution in [0.15, 0.2) is 18.3 Å². The zero-order valence-corrected chi connectivity index (χ0v) is 9.97. The second-order valence-electron chi connectivity index (χ2n) is 4.52. The Hall–Kier alpha value is -1.95. The van der Waals surface area contributed by atoms with Crippen LogP contribution in [-0.4, -0.2) is 40.7 Å². The number of rotatable bonds is 3. The van der Waals surface area contributed by atoms with Crippen molar-refractivity contribution in [3.63, 3.8) is 0 Å². The lowest BCUT2D eigenvalue weighted by atomic mass is 10.0. The first-order valence-corrected chi connectivity index (χ1v) is 5.60. The van der Waals surface area contributed by atoms with Gasteiger partial charge in [0.1, 0.15) is 5.69 Å². The van der Waals surface area contributed by atoms with Crippen LogP contribution in [0.3, 0.4) is 0 Å². The lowest BCUT2D eigenvalue weighted by Crippen LogP contribution is -2.47. The molecule has 1 aliphatic rings. The Bertz CT molecular complexity index is 481. The van der Waals surface area contributed by atoms with Crippen molar-refractivity contribution in [2.45, 2.75) is 18.9 Å². The van der Waals surface area contributed by atoms with E-state index in [9.17, 15) is 9.59 Å². The molecule has 6 heteroatoms. The van der Waals surface area contributed by atoms with E-state index in [0.717, 1.165) is 0 Å². The Balaban J connectivity index is 2.21. The second-order valence-corrected chi connectivity index (χ2v) is 4.52. The van der Waals surface area contributed by atoms with E-state index >= 15 is 0 Å². The molecular formula is C12H14N2O4. The topological polar surface area (TPSA) is 88.5 Å². The van der Waals surface area contributed by atoms with Crippen LogP contribution in [0.2, 0.25) is 0 Å². The van der Waals surface area contributed by atoms with Gasteiger partial charge in [0.2, 0.25) is 0 Å². The average molecular weight is 250 g/mol. The van der Waals surface area contributed by atoms with E-state index < -0.39 is 17.4 Å². The van der Waals surface area contributed by atoms with Crippen LogP contribution >= 0.6 is 0 Å². The number of carbonyl (C=O) groups is 2. The molecule has 96 valence electrons. The molecule has 18 heavy (non-hydrogen) atoms. The number of carboxylic acids is 1. The number of carbonyl (C=O) groups excluding carboxylic acids is 1. The summed E-state index contributed by atoms with van der Waals surface area (Å²) < 4.78 is 5.22. The van der Waals surface area contributed by atoms with Crippen molar-refractivity contribution >= 4 is 11.9 Å². The van der Waals surface area contributed by atoms with Gasteiger partial charge in [-0.3, -0.25) is 9.78 Å². The molecule has 0 spiro atoms. The fourth-order valence-electron chi connectivity index (χ4n) is 1.86. The van der Waals surface area contributed by atoms with Crippen molar-refractivity contribution in [1.29, 1.82) is 0 Å². The first-order valence-electron chi connectivity index (χ1n) is 5.60. The monoisotopic (exact) mass is 250 g/mol. The Morgan fingerprint density at radius 3 is 2.94 bits per heavy atom. The van der Waals surface area contributed by atoms with Gasteiger partial charge in [-0.05, 0) is 25.5 Å². The second kappa shape index (κ2) is 4.73. The predicted octanol–water partition coefficient (Wildman–Crippen LogP) is 0.689. The highest BCUT2D eigenvalue weighted by Crippen LogP contribution is 2.18. The van der Waals surface area contributed by atoms with E-state index in [1.165, 1.54) is 18.3 Å². The summed E-state index contributed by atoms with van der Waals surface area (Å²) in [6, 6.07) is 2.85. The van der Waals surface area contributed by atoms with Gasteiger partial charge in [-0.2, -0.15) is 0 Å². The van der Waals surface area contributed by atoms with Crippen molar-refractivity contribution in [1.82, 2.24) is 10.3 Å². The van der Waals surface area contributed by atoms with E-state index in [4.69, 9.17) is 9.84 Å². The fourth-order valence-corrected chi connectivity index (χ4v) is 1.86. The third-order valence-corrected chi connectivity index (χ3v) is 2.89. The summed E-state index contributed by atoms with van der Waals surface area (Å²) in [6.07, 6.45) is 2.10. The van der Waals surface area contributed by atoms with Gasteiger partial charge < -0.3 is 15.2 Å². The zero-order valence-electron chi connectivity index (χ0n) is 9.97. The highest BCUT2D eigenvalue weighted by Gasteiger charge is 2.32. The number of hydrogen-bond donors (Lipinski definition) is 2. The van der Waals surface area contributed by atoms with Gasteiger partial charge in [-0.15, -0.1) is 0 Å². The Morgan fingerprint density at radius 1 is 1.56 bits per heavy atom. The smallest absolute Gasteiger partial charge is 0.338 e. The molecule has 0 bridgehead atoms. The molecule has 1 aromatic rings. The summed E-state index contributed by atoms with van der Waals surface area (Å²) in [5.41, 5.74) is -0.625. The van der Waals surface area contributed by atoms with Crippen LogP contribution in [0.25, 0.3) is 0 Å². The van der Waals surface area contributed by atoms with E-state index in [-0.39, 0.29) is 11.3 Å². The molecule has 1 aliphatic heterocycles. The molecule has 2 heterocycles. The molecule has 1 saturated heterocycles. The molecule has 1 atom stereocenters. The number of nitrogens with one attached hydrogen (secondary N) is 1. The molecule has 1 aromatic heterocycles. The minimum absolute atomic E-state index is 0.0712. The minimum atomic E-state index is -1.17. The van der Waals surface area contributed by atoms with Crippen LogP contribution in [0.4, 0.5) is 0 Å². The first-order chi connectivity index (χ1) is 8.52. The van der Waals surface area contributed by atoms with Gasteiger partial charge in [0.25, 0.3) is 5.91 Å². The SMILES string of the molecule is CC1(NC(=O)c2ncccc2C(=O)O)CCOC1. The summed E-state index contributed by atoms with van der Waals surface area (Å²) in [5, 5.41) is 11.8. The van der Waals surface area contributed by atoms with Crippen molar-refractivity contribution in [2.75, 3.05) is 13.2 Å². The van der Waals surface area contributed by atoms with E-state index in [1.807, 2.05) is 6.92 Å². The Morgan fingerprint density at radius 2 is 2.33 bits per heavy atom. The highest BCUT2D eigenvalue weighted by molar-refractivity contribution is 6.03. The predicted molar refractivity (Wildman–Crippen MR) is 62.5 cm³/mol. The number of aromatic carboxylic acids is 1. The van der Waals surface area contributed by atoms with Crippen molar-refractivity contribution < 1.29 is 19.4 Å². The van der Waals surface area contributed by atoms with Crippen LogP contribution in [-0.2, 0) is 4.74 Å². The average Bonchev–Trinajstić information content (AvgIpc) is 2.75. The number of ether oxygens (including phenoxy) is 1. The fraction of sp³-hybridized carbons (Fsp3) is 0.417. The normalized spacial score (nSPS) is 22.7. The molecular weight excluding hydrogens is 236 g/mol. The summed E-state index contributed by atoms with van der Waals surface area (Å²) in [7, 11) is 0. The number of pyridine rings is 1. The number of amides is 1. The van der Waals surface area contributed by atoms with E-state index in [0.29, 0.717) is 19.6 Å². The summed E-state index contributed by atoms with van der Waals surface area (Å²) in [6.45, 7) is 2.88. The Labute approximate surface area is 104 Å². The number of nitrogens with zero attached hydrogens (tertiary/aromatic N) is 1. The van der Waals surface area contributed by atoms with Crippen LogP contribution < -0.4 is 5.32 Å². The quantitative estimate of drug-likeness (QED) is 0.823. The number of hydrogen-bond acceptors (Lipinski definition) is 4. The maximum atomic E-state index is 12.0. The third-order valence-electron chi connectivity index (χ3n) is 2.89. The molecule has 1 amide bonds. The van der Waals surface area contributed by atoms with E-state index in [1.54, 1.807) is 0 Å². The van der Waals surface area contributed by atoms with Crippen LogP contribution in [0.5, 0.6) is 0 Å². The number of carboxylic acid groups (broad SMARTS) is 1. The summed E-state index contributed by atoms with van der Waals surface area (Å²) in [5.74, 6) is -1.65. The van der Waals surface area contributed by atoms with Gasteiger partial charge in [0, 0.05) is 12.8 Å². The van der Waals surface area contributed by atoms with Gasteiger partial charge in [0.05, 0.1) is 17.7 Å². The van der Waals surface area contributed by atoms with Crippen molar-refractivity contribution in [3.05, 3.63) is 29.6 Å². The lowest BCUT2D eigenvalue weighted by molar-refractivity contribution is 0.0687.